The number of hydrogen-bond acceptors (Lipinski definition) is 7. The summed E-state index contributed by atoms with van der Waals surface area (Å²) in [5.41, 5.74) is 0.753. The Kier molecular flexibility index (Phi) is 7.64. The molecule has 170 valence electrons. The van der Waals surface area contributed by atoms with Crippen molar-refractivity contribution in [1.29, 1.82) is 0 Å². The van der Waals surface area contributed by atoms with Gasteiger partial charge in [-0.3, -0.25) is 0 Å². The Balaban J connectivity index is 0.000000396. The van der Waals surface area contributed by atoms with Crippen LogP contribution in [0.5, 0.6) is 0 Å². The molecule has 2 aliphatic heterocycles. The number of sulfonamides is 1. The lowest BCUT2D eigenvalue weighted by atomic mass is 9.80. The predicted molar refractivity (Wildman–Crippen MR) is 101 cm³/mol. The number of nitrogens with zero attached hydrogens (tertiary/aromatic N) is 3. The van der Waals surface area contributed by atoms with Gasteiger partial charge in [-0.2, -0.15) is 17.5 Å². The van der Waals surface area contributed by atoms with E-state index in [0.29, 0.717) is 31.6 Å². The molecule has 9 nitrogen and oxygen atoms in total. The highest BCUT2D eigenvalue weighted by atomic mass is 32.2. The van der Waals surface area contributed by atoms with Crippen molar-refractivity contribution >= 4 is 21.9 Å². The lowest BCUT2D eigenvalue weighted by molar-refractivity contribution is -0.192. The van der Waals surface area contributed by atoms with Gasteiger partial charge in [0.05, 0.1) is 11.4 Å². The van der Waals surface area contributed by atoms with E-state index in [4.69, 9.17) is 14.6 Å². The summed E-state index contributed by atoms with van der Waals surface area (Å²) < 4.78 is 63.0. The number of aryl methyl sites for hydroxylation is 1. The first-order valence-electron chi connectivity index (χ1n) is 9.34. The van der Waals surface area contributed by atoms with E-state index in [9.17, 15) is 21.6 Å². The minimum Gasteiger partial charge on any atom is -0.475 e. The van der Waals surface area contributed by atoms with Crippen LogP contribution in [0.1, 0.15) is 25.3 Å². The third-order valence-electron chi connectivity index (χ3n) is 5.05. The standard InChI is InChI=1S/C15H24N4O3S.C2HF3O2/c1-3-23(20,21)19-10-15(11-19)13(5-7-22-15)4-6-16-14-17-8-12(2)9-18-14;3-2(4,5)1(6)7/h8-9,13H,3-7,10-11H2,1-2H3,(H,16,17,18);(H,6,7). The number of rotatable bonds is 6. The third-order valence-corrected chi connectivity index (χ3v) is 6.82. The van der Waals surface area contributed by atoms with E-state index in [1.165, 1.54) is 0 Å². The molecule has 1 unspecified atom stereocenters. The smallest absolute Gasteiger partial charge is 0.475 e. The molecule has 2 N–H and O–H groups in total. The highest BCUT2D eigenvalue weighted by Crippen LogP contribution is 2.42. The maximum absolute atomic E-state index is 11.9. The Hall–Kier alpha value is -1.99. The lowest BCUT2D eigenvalue weighted by Crippen LogP contribution is -2.66. The number of aromatic nitrogens is 2. The first kappa shape index (κ1) is 24.3. The second-order valence-electron chi connectivity index (χ2n) is 7.17. The van der Waals surface area contributed by atoms with Crippen LogP contribution in [0.15, 0.2) is 12.4 Å². The minimum absolute atomic E-state index is 0.153. The fourth-order valence-electron chi connectivity index (χ4n) is 3.31. The van der Waals surface area contributed by atoms with Crippen molar-refractivity contribution in [2.75, 3.05) is 37.3 Å². The summed E-state index contributed by atoms with van der Waals surface area (Å²) in [6.07, 6.45) is 0.400. The SMILES string of the molecule is CCS(=O)(=O)N1CC2(C1)OCCC2CCNc1ncc(C)cn1.O=C(O)C(F)(F)F. The summed E-state index contributed by atoms with van der Waals surface area (Å²) in [7, 11) is -3.10. The predicted octanol–water partition coefficient (Wildman–Crippen LogP) is 1.66. The monoisotopic (exact) mass is 454 g/mol. The fraction of sp³-hybridized carbons (Fsp3) is 0.706. The van der Waals surface area contributed by atoms with E-state index in [1.54, 1.807) is 23.6 Å². The number of carbonyl (C=O) groups is 1. The first-order chi connectivity index (χ1) is 13.9. The van der Waals surface area contributed by atoms with Crippen molar-refractivity contribution in [2.24, 2.45) is 5.92 Å². The Bertz CT molecular complexity index is 827. The summed E-state index contributed by atoms with van der Waals surface area (Å²) in [6, 6.07) is 0. The van der Waals surface area contributed by atoms with Crippen LogP contribution in [0.3, 0.4) is 0 Å². The molecule has 2 fully saturated rings. The summed E-state index contributed by atoms with van der Waals surface area (Å²) in [4.78, 5) is 17.4. The zero-order valence-electron chi connectivity index (χ0n) is 16.6. The molecule has 1 aromatic heterocycles. The Morgan fingerprint density at radius 1 is 1.37 bits per heavy atom. The normalized spacial score (nSPS) is 20.9. The molecule has 30 heavy (non-hydrogen) atoms. The van der Waals surface area contributed by atoms with Crippen molar-refractivity contribution < 1.29 is 36.2 Å². The third kappa shape index (κ3) is 6.01. The molecule has 0 saturated carbocycles. The van der Waals surface area contributed by atoms with Gasteiger partial charge in [0, 0.05) is 38.6 Å². The maximum atomic E-state index is 11.9. The Morgan fingerprint density at radius 2 is 1.93 bits per heavy atom. The molecule has 3 heterocycles. The van der Waals surface area contributed by atoms with Crippen LogP contribution in [-0.2, 0) is 19.6 Å². The molecule has 2 aliphatic rings. The van der Waals surface area contributed by atoms with E-state index in [0.717, 1.165) is 24.9 Å². The number of halogens is 3. The molecule has 2 saturated heterocycles. The van der Waals surface area contributed by atoms with Crippen LogP contribution in [-0.4, -0.2) is 77.5 Å². The molecule has 0 amide bonds. The van der Waals surface area contributed by atoms with Gasteiger partial charge in [0.25, 0.3) is 0 Å². The molecule has 1 spiro atoms. The van der Waals surface area contributed by atoms with Gasteiger partial charge in [-0.25, -0.2) is 23.2 Å². The molecular weight excluding hydrogens is 429 g/mol. The average molecular weight is 454 g/mol. The van der Waals surface area contributed by atoms with Crippen LogP contribution >= 0.6 is 0 Å². The maximum Gasteiger partial charge on any atom is 0.490 e. The number of alkyl halides is 3. The number of carboxylic acid groups (broad SMARTS) is 1. The van der Waals surface area contributed by atoms with Crippen molar-refractivity contribution in [3.05, 3.63) is 18.0 Å². The number of anilines is 1. The van der Waals surface area contributed by atoms with Gasteiger partial charge in [-0.1, -0.05) is 0 Å². The van der Waals surface area contributed by atoms with Gasteiger partial charge in [0.2, 0.25) is 16.0 Å². The van der Waals surface area contributed by atoms with Gasteiger partial charge in [0.15, 0.2) is 0 Å². The second kappa shape index (κ2) is 9.43. The van der Waals surface area contributed by atoms with E-state index >= 15 is 0 Å². The molecular formula is C17H25F3N4O5S. The number of nitrogens with one attached hydrogen (secondary N) is 1. The van der Waals surface area contributed by atoms with Crippen molar-refractivity contribution in [2.45, 2.75) is 38.5 Å². The summed E-state index contributed by atoms with van der Waals surface area (Å²) in [6.45, 7) is 6.10. The van der Waals surface area contributed by atoms with Gasteiger partial charge in [-0.15, -0.1) is 0 Å². The van der Waals surface area contributed by atoms with Gasteiger partial charge < -0.3 is 15.2 Å². The summed E-state index contributed by atoms with van der Waals surface area (Å²) in [5.74, 6) is -1.59. The Labute approximate surface area is 172 Å². The number of ether oxygens (including phenoxy) is 1. The number of aliphatic carboxylic acids is 1. The van der Waals surface area contributed by atoms with E-state index in [-0.39, 0.29) is 11.4 Å². The molecule has 3 rings (SSSR count). The quantitative estimate of drug-likeness (QED) is 0.666. The molecule has 13 heteroatoms. The van der Waals surface area contributed by atoms with Gasteiger partial charge >= 0.3 is 12.1 Å². The van der Waals surface area contributed by atoms with Crippen molar-refractivity contribution in [3.63, 3.8) is 0 Å². The van der Waals surface area contributed by atoms with Gasteiger partial charge in [0.1, 0.15) is 0 Å². The van der Waals surface area contributed by atoms with E-state index in [1.807, 2.05) is 6.92 Å². The molecule has 1 atom stereocenters. The number of carboxylic acids is 1. The zero-order chi connectivity index (χ0) is 22.6. The highest BCUT2D eigenvalue weighted by Gasteiger charge is 2.55. The fourth-order valence-corrected chi connectivity index (χ4v) is 4.51. The minimum atomic E-state index is -5.08. The molecule has 1 aromatic rings. The molecule has 0 radical (unpaired) electrons. The van der Waals surface area contributed by atoms with Crippen LogP contribution < -0.4 is 5.32 Å². The summed E-state index contributed by atoms with van der Waals surface area (Å²) >= 11 is 0. The molecule has 0 bridgehead atoms. The largest absolute Gasteiger partial charge is 0.490 e. The first-order valence-corrected chi connectivity index (χ1v) is 10.9. The average Bonchev–Trinajstić information content (AvgIpc) is 3.06. The van der Waals surface area contributed by atoms with Crippen molar-refractivity contribution in [1.82, 2.24) is 14.3 Å². The summed E-state index contributed by atoms with van der Waals surface area (Å²) in [5, 5.41) is 10.4. The van der Waals surface area contributed by atoms with E-state index < -0.39 is 22.2 Å². The van der Waals surface area contributed by atoms with Crippen LogP contribution in [0.25, 0.3) is 0 Å². The number of hydrogen-bond donors (Lipinski definition) is 2. The van der Waals surface area contributed by atoms with Crippen molar-refractivity contribution in [3.8, 4) is 0 Å². The molecule has 0 aromatic carbocycles. The second-order valence-corrected chi connectivity index (χ2v) is 9.43. The van der Waals surface area contributed by atoms with Crippen LogP contribution in [0, 0.1) is 12.8 Å². The van der Waals surface area contributed by atoms with Crippen LogP contribution in [0.4, 0.5) is 19.1 Å². The molecule has 0 aliphatic carbocycles. The Morgan fingerprint density at radius 3 is 2.43 bits per heavy atom. The highest BCUT2D eigenvalue weighted by molar-refractivity contribution is 7.89. The lowest BCUT2D eigenvalue weighted by Gasteiger charge is -2.49. The zero-order valence-corrected chi connectivity index (χ0v) is 17.5. The topological polar surface area (TPSA) is 122 Å². The van der Waals surface area contributed by atoms with Gasteiger partial charge in [-0.05, 0) is 38.2 Å². The van der Waals surface area contributed by atoms with E-state index in [2.05, 4.69) is 15.3 Å². The van der Waals surface area contributed by atoms with Crippen LogP contribution in [0.2, 0.25) is 0 Å².